The second kappa shape index (κ2) is 4.15. The summed E-state index contributed by atoms with van der Waals surface area (Å²) < 4.78 is 0. The number of rotatable bonds is 2. The zero-order valence-electron chi connectivity index (χ0n) is 8.76. The van der Waals surface area contributed by atoms with Crippen molar-refractivity contribution in [3.63, 3.8) is 0 Å². The molecule has 0 aliphatic heterocycles. The van der Waals surface area contributed by atoms with E-state index in [1.807, 2.05) is 0 Å². The molecule has 0 saturated heterocycles. The monoisotopic (exact) mass is 196 g/mol. The molecule has 0 aliphatic rings. The van der Waals surface area contributed by atoms with Crippen LogP contribution in [0.1, 0.15) is 50.7 Å². The molecule has 1 aromatic carbocycles. The predicted octanol–water partition coefficient (Wildman–Crippen LogP) is 4.59. The number of benzene rings is 1. The average molecular weight is 197 g/mol. The molecule has 0 radical (unpaired) electrons. The largest absolute Gasteiger partial charge is 0.0837 e. The highest BCUT2D eigenvalue weighted by Gasteiger charge is 2.10. The molecular formula is C12H17Cl. The molecule has 13 heavy (non-hydrogen) atoms. The summed E-state index contributed by atoms with van der Waals surface area (Å²) >= 11 is 6.30. The summed E-state index contributed by atoms with van der Waals surface area (Å²) in [5.41, 5.74) is 2.51. The summed E-state index contributed by atoms with van der Waals surface area (Å²) in [7, 11) is 0. The lowest BCUT2D eigenvalue weighted by molar-refractivity contribution is 0.834. The maximum atomic E-state index is 6.30. The fourth-order valence-corrected chi connectivity index (χ4v) is 2.02. The van der Waals surface area contributed by atoms with Crippen LogP contribution in [0.4, 0.5) is 0 Å². The van der Waals surface area contributed by atoms with E-state index in [9.17, 15) is 0 Å². The predicted molar refractivity (Wildman–Crippen MR) is 59.6 cm³/mol. The van der Waals surface area contributed by atoms with Gasteiger partial charge >= 0.3 is 0 Å². The molecule has 0 N–H and O–H groups in total. The van der Waals surface area contributed by atoms with Gasteiger partial charge in [-0.15, -0.1) is 0 Å². The Bertz CT molecular complexity index is 261. The smallest absolute Gasteiger partial charge is 0.0475 e. The summed E-state index contributed by atoms with van der Waals surface area (Å²) in [5.74, 6) is 1.01. The second-order valence-electron chi connectivity index (χ2n) is 4.06. The van der Waals surface area contributed by atoms with Crippen molar-refractivity contribution in [3.8, 4) is 0 Å². The van der Waals surface area contributed by atoms with Crippen LogP contribution >= 0.6 is 11.6 Å². The summed E-state index contributed by atoms with van der Waals surface area (Å²) in [6, 6.07) is 6.31. The third-order valence-corrected chi connectivity index (χ3v) is 2.74. The summed E-state index contributed by atoms with van der Waals surface area (Å²) in [6.07, 6.45) is 0. The minimum absolute atomic E-state index is 0.506. The molecule has 0 aromatic heterocycles. The molecule has 1 aromatic rings. The fraction of sp³-hybridized carbons (Fsp3) is 0.500. The van der Waals surface area contributed by atoms with Crippen LogP contribution in [0, 0.1) is 0 Å². The number of hydrogen-bond donors (Lipinski definition) is 0. The van der Waals surface area contributed by atoms with Crippen molar-refractivity contribution in [3.05, 3.63) is 34.3 Å². The standard InChI is InChI=1S/C12H17Cl/c1-8(2)10-6-5-7-11(9(3)4)12(10)13/h5-9H,1-4H3. The Labute approximate surface area is 85.9 Å². The van der Waals surface area contributed by atoms with Gasteiger partial charge in [0, 0.05) is 5.02 Å². The Hall–Kier alpha value is -0.490. The van der Waals surface area contributed by atoms with Crippen molar-refractivity contribution in [2.75, 3.05) is 0 Å². The molecule has 0 unspecified atom stereocenters. The molecule has 0 heterocycles. The van der Waals surface area contributed by atoms with Gasteiger partial charge in [-0.3, -0.25) is 0 Å². The lowest BCUT2D eigenvalue weighted by atomic mass is 9.96. The van der Waals surface area contributed by atoms with Gasteiger partial charge in [0.25, 0.3) is 0 Å². The van der Waals surface area contributed by atoms with E-state index in [4.69, 9.17) is 11.6 Å². The topological polar surface area (TPSA) is 0 Å². The van der Waals surface area contributed by atoms with E-state index in [0.29, 0.717) is 11.8 Å². The highest BCUT2D eigenvalue weighted by atomic mass is 35.5. The molecule has 0 amide bonds. The van der Waals surface area contributed by atoms with Gasteiger partial charge in [-0.1, -0.05) is 57.5 Å². The van der Waals surface area contributed by atoms with E-state index in [1.54, 1.807) is 0 Å². The highest BCUT2D eigenvalue weighted by Crippen LogP contribution is 2.31. The van der Waals surface area contributed by atoms with Crippen LogP contribution in [-0.2, 0) is 0 Å². The Balaban J connectivity index is 3.18. The van der Waals surface area contributed by atoms with Crippen LogP contribution in [-0.4, -0.2) is 0 Å². The van der Waals surface area contributed by atoms with Crippen molar-refractivity contribution < 1.29 is 0 Å². The van der Waals surface area contributed by atoms with Gasteiger partial charge < -0.3 is 0 Å². The summed E-state index contributed by atoms with van der Waals surface area (Å²) in [4.78, 5) is 0. The van der Waals surface area contributed by atoms with Crippen LogP contribution in [0.5, 0.6) is 0 Å². The number of halogens is 1. The normalized spacial score (nSPS) is 11.3. The van der Waals surface area contributed by atoms with Crippen molar-refractivity contribution in [2.45, 2.75) is 39.5 Å². The summed E-state index contributed by atoms with van der Waals surface area (Å²) in [5, 5.41) is 0.951. The minimum Gasteiger partial charge on any atom is -0.0837 e. The van der Waals surface area contributed by atoms with Crippen molar-refractivity contribution in [2.24, 2.45) is 0 Å². The van der Waals surface area contributed by atoms with E-state index in [2.05, 4.69) is 45.9 Å². The van der Waals surface area contributed by atoms with Crippen molar-refractivity contribution >= 4 is 11.6 Å². The maximum absolute atomic E-state index is 6.30. The first-order valence-corrected chi connectivity index (χ1v) is 5.20. The van der Waals surface area contributed by atoms with Crippen LogP contribution in [0.2, 0.25) is 5.02 Å². The van der Waals surface area contributed by atoms with E-state index in [-0.39, 0.29) is 0 Å². The van der Waals surface area contributed by atoms with Crippen molar-refractivity contribution in [1.29, 1.82) is 0 Å². The van der Waals surface area contributed by atoms with Gasteiger partial charge in [0.05, 0.1) is 0 Å². The van der Waals surface area contributed by atoms with E-state index < -0.39 is 0 Å². The average Bonchev–Trinajstić information content (AvgIpc) is 2.03. The van der Waals surface area contributed by atoms with E-state index in [1.165, 1.54) is 11.1 Å². The summed E-state index contributed by atoms with van der Waals surface area (Å²) in [6.45, 7) is 8.69. The first-order chi connectivity index (χ1) is 6.04. The second-order valence-corrected chi connectivity index (χ2v) is 4.44. The molecule has 72 valence electrons. The lowest BCUT2D eigenvalue weighted by Crippen LogP contribution is -1.95. The molecule has 0 bridgehead atoms. The van der Waals surface area contributed by atoms with Crippen LogP contribution in [0.15, 0.2) is 18.2 Å². The Morgan fingerprint density at radius 2 is 1.31 bits per heavy atom. The first-order valence-electron chi connectivity index (χ1n) is 4.82. The van der Waals surface area contributed by atoms with Gasteiger partial charge in [-0.25, -0.2) is 0 Å². The van der Waals surface area contributed by atoms with Gasteiger partial charge in [0.1, 0.15) is 0 Å². The minimum atomic E-state index is 0.506. The molecular weight excluding hydrogens is 180 g/mol. The maximum Gasteiger partial charge on any atom is 0.0475 e. The van der Waals surface area contributed by atoms with Crippen LogP contribution in [0.3, 0.4) is 0 Å². The molecule has 0 spiro atoms. The molecule has 0 nitrogen and oxygen atoms in total. The molecule has 0 atom stereocenters. The van der Waals surface area contributed by atoms with Crippen LogP contribution < -0.4 is 0 Å². The van der Waals surface area contributed by atoms with E-state index in [0.717, 1.165) is 5.02 Å². The van der Waals surface area contributed by atoms with Gasteiger partial charge in [-0.05, 0) is 23.0 Å². The Kier molecular flexibility index (Phi) is 3.38. The Morgan fingerprint density at radius 3 is 1.62 bits per heavy atom. The molecule has 1 rings (SSSR count). The zero-order chi connectivity index (χ0) is 10.0. The SMILES string of the molecule is CC(C)c1cccc(C(C)C)c1Cl. The first kappa shape index (κ1) is 10.6. The van der Waals surface area contributed by atoms with Gasteiger partial charge in [0.2, 0.25) is 0 Å². The zero-order valence-corrected chi connectivity index (χ0v) is 9.52. The quantitative estimate of drug-likeness (QED) is 0.649. The van der Waals surface area contributed by atoms with Gasteiger partial charge in [-0.2, -0.15) is 0 Å². The lowest BCUT2D eigenvalue weighted by Gasteiger charge is -2.14. The van der Waals surface area contributed by atoms with E-state index >= 15 is 0 Å². The molecule has 0 saturated carbocycles. The third-order valence-electron chi connectivity index (χ3n) is 2.30. The molecule has 0 fully saturated rings. The van der Waals surface area contributed by atoms with Crippen molar-refractivity contribution in [1.82, 2.24) is 0 Å². The van der Waals surface area contributed by atoms with Gasteiger partial charge in [0.15, 0.2) is 0 Å². The third kappa shape index (κ3) is 2.25. The highest BCUT2D eigenvalue weighted by molar-refractivity contribution is 6.32. The Morgan fingerprint density at radius 1 is 0.923 bits per heavy atom. The molecule has 0 aliphatic carbocycles. The fourth-order valence-electron chi connectivity index (χ4n) is 1.46. The van der Waals surface area contributed by atoms with Crippen LogP contribution in [0.25, 0.3) is 0 Å². The molecule has 1 heteroatoms. The number of hydrogen-bond acceptors (Lipinski definition) is 0.